The van der Waals surface area contributed by atoms with Gasteiger partial charge in [0.05, 0.1) is 24.6 Å². The topological polar surface area (TPSA) is 111 Å². The van der Waals surface area contributed by atoms with Crippen LogP contribution in [0.4, 0.5) is 0 Å². The zero-order chi connectivity index (χ0) is 25.8. The lowest BCUT2D eigenvalue weighted by molar-refractivity contribution is 0.0947. The van der Waals surface area contributed by atoms with Crippen LogP contribution in [0.2, 0.25) is 0 Å². The molecule has 0 aliphatic carbocycles. The highest BCUT2D eigenvalue weighted by Crippen LogP contribution is 2.14. The van der Waals surface area contributed by atoms with Gasteiger partial charge < -0.3 is 15.4 Å². The van der Waals surface area contributed by atoms with Crippen LogP contribution in [0, 0.1) is 0 Å². The zero-order valence-electron chi connectivity index (χ0n) is 20.2. The molecular weight excluding hydrogens is 460 g/mol. The van der Waals surface area contributed by atoms with Crippen molar-refractivity contribution in [1.29, 1.82) is 0 Å². The molecule has 0 aliphatic rings. The summed E-state index contributed by atoms with van der Waals surface area (Å²) in [7, 11) is 4.71. The molecule has 4 rings (SSSR count). The molecule has 36 heavy (non-hydrogen) atoms. The van der Waals surface area contributed by atoms with Crippen LogP contribution in [0.15, 0.2) is 76.3 Å². The summed E-state index contributed by atoms with van der Waals surface area (Å²) in [6, 6.07) is 18.7. The summed E-state index contributed by atoms with van der Waals surface area (Å²) in [5.41, 5.74) is 1.85. The molecule has 9 heteroatoms. The Kier molecular flexibility index (Phi) is 7.00. The molecule has 0 spiro atoms. The van der Waals surface area contributed by atoms with Gasteiger partial charge in [-0.15, -0.1) is 0 Å². The molecule has 0 saturated heterocycles. The zero-order valence-corrected chi connectivity index (χ0v) is 20.2. The quantitative estimate of drug-likeness (QED) is 0.415. The number of hydrogen-bond donors (Lipinski definition) is 2. The van der Waals surface area contributed by atoms with E-state index in [1.165, 1.54) is 10.6 Å². The third-order valence-corrected chi connectivity index (χ3v) is 6.01. The van der Waals surface area contributed by atoms with Gasteiger partial charge >= 0.3 is 5.69 Å². The lowest BCUT2D eigenvalue weighted by Gasteiger charge is -2.12. The van der Waals surface area contributed by atoms with E-state index < -0.39 is 11.2 Å². The minimum atomic E-state index is -0.492. The van der Waals surface area contributed by atoms with Crippen molar-refractivity contribution in [1.82, 2.24) is 19.8 Å². The lowest BCUT2D eigenvalue weighted by Crippen LogP contribution is -2.39. The van der Waals surface area contributed by atoms with E-state index >= 15 is 0 Å². The first-order valence-electron chi connectivity index (χ1n) is 11.3. The molecule has 0 bridgehead atoms. The molecule has 3 aromatic carbocycles. The molecule has 4 aromatic rings. The summed E-state index contributed by atoms with van der Waals surface area (Å²) in [6.07, 6.45) is 0. The monoisotopic (exact) mass is 486 g/mol. The van der Waals surface area contributed by atoms with Gasteiger partial charge in [0.1, 0.15) is 5.75 Å². The molecule has 2 N–H and O–H groups in total. The molecule has 0 atom stereocenters. The predicted molar refractivity (Wildman–Crippen MR) is 137 cm³/mol. The number of methoxy groups -OCH3 is 1. The van der Waals surface area contributed by atoms with Gasteiger partial charge in [-0.1, -0.05) is 24.3 Å². The number of hydrogen-bond acceptors (Lipinski definition) is 5. The SMILES string of the molecule is CNC(=O)c1ccc(Cn2c(=O)c3cc(C(=O)NCc4ccc(OC)cc4)ccc3n(C)c2=O)cc1. The van der Waals surface area contributed by atoms with Crippen LogP contribution in [0.1, 0.15) is 31.8 Å². The summed E-state index contributed by atoms with van der Waals surface area (Å²) in [5, 5.41) is 5.66. The Morgan fingerprint density at radius 1 is 0.861 bits per heavy atom. The molecule has 1 heterocycles. The van der Waals surface area contributed by atoms with Crippen LogP contribution >= 0.6 is 0 Å². The Balaban J connectivity index is 1.61. The van der Waals surface area contributed by atoms with E-state index in [4.69, 9.17) is 4.74 Å². The average molecular weight is 487 g/mol. The normalized spacial score (nSPS) is 10.8. The second-order valence-corrected chi connectivity index (χ2v) is 8.27. The Hall–Kier alpha value is -4.66. The van der Waals surface area contributed by atoms with Crippen molar-refractivity contribution < 1.29 is 14.3 Å². The highest BCUT2D eigenvalue weighted by molar-refractivity contribution is 5.97. The molecular formula is C27H26N4O5. The third kappa shape index (κ3) is 4.90. The van der Waals surface area contributed by atoms with Crippen molar-refractivity contribution in [3.05, 3.63) is 110 Å². The van der Waals surface area contributed by atoms with Crippen molar-refractivity contribution in [2.45, 2.75) is 13.1 Å². The van der Waals surface area contributed by atoms with Crippen molar-refractivity contribution in [2.75, 3.05) is 14.2 Å². The van der Waals surface area contributed by atoms with Gasteiger partial charge in [-0.3, -0.25) is 23.5 Å². The number of rotatable bonds is 7. The molecule has 0 aliphatic heterocycles. The average Bonchev–Trinajstić information content (AvgIpc) is 2.92. The van der Waals surface area contributed by atoms with Gasteiger partial charge in [0.25, 0.3) is 17.4 Å². The third-order valence-electron chi connectivity index (χ3n) is 6.01. The molecule has 9 nitrogen and oxygen atoms in total. The minimum absolute atomic E-state index is 0.0311. The van der Waals surface area contributed by atoms with Crippen molar-refractivity contribution in [3.8, 4) is 5.75 Å². The van der Waals surface area contributed by atoms with E-state index in [0.717, 1.165) is 15.9 Å². The first kappa shape index (κ1) is 24.5. The van der Waals surface area contributed by atoms with Crippen molar-refractivity contribution in [2.24, 2.45) is 7.05 Å². The number of nitrogens with zero attached hydrogens (tertiary/aromatic N) is 2. The van der Waals surface area contributed by atoms with Crippen molar-refractivity contribution in [3.63, 3.8) is 0 Å². The number of aryl methyl sites for hydroxylation is 1. The Morgan fingerprint density at radius 3 is 2.14 bits per heavy atom. The van der Waals surface area contributed by atoms with Gasteiger partial charge in [0.15, 0.2) is 0 Å². The first-order valence-corrected chi connectivity index (χ1v) is 11.3. The number of carbonyl (C=O) groups excluding carboxylic acids is 2. The van der Waals surface area contributed by atoms with E-state index in [1.807, 2.05) is 24.3 Å². The number of benzene rings is 3. The number of amides is 2. The second kappa shape index (κ2) is 10.3. The van der Waals surface area contributed by atoms with E-state index in [9.17, 15) is 19.2 Å². The summed E-state index contributed by atoms with van der Waals surface area (Å²) in [5.74, 6) is 0.166. The standard InChI is InChI=1S/C27H26N4O5/c1-28-24(32)19-8-4-18(5-9-19)16-31-26(34)22-14-20(10-13-23(22)30(2)27(31)35)25(33)29-15-17-6-11-21(36-3)12-7-17/h4-14H,15-16H2,1-3H3,(H,28,32)(H,29,33). The van der Waals surface area contributed by atoms with Crippen molar-refractivity contribution >= 4 is 22.7 Å². The van der Waals surface area contributed by atoms with Crippen LogP contribution in [-0.4, -0.2) is 35.1 Å². The molecule has 1 aromatic heterocycles. The highest BCUT2D eigenvalue weighted by Gasteiger charge is 2.15. The number of fused-ring (bicyclic) bond motifs is 1. The maximum atomic E-state index is 13.3. The molecule has 0 unspecified atom stereocenters. The van der Waals surface area contributed by atoms with Crippen LogP contribution < -0.4 is 26.6 Å². The fourth-order valence-electron chi connectivity index (χ4n) is 3.91. The van der Waals surface area contributed by atoms with E-state index in [0.29, 0.717) is 28.8 Å². The Morgan fingerprint density at radius 2 is 1.50 bits per heavy atom. The largest absolute Gasteiger partial charge is 0.497 e. The van der Waals surface area contributed by atoms with Crippen LogP contribution in [-0.2, 0) is 20.1 Å². The Labute approximate surface area is 207 Å². The smallest absolute Gasteiger partial charge is 0.331 e. The fourth-order valence-corrected chi connectivity index (χ4v) is 3.91. The predicted octanol–water partition coefficient (Wildman–Crippen LogP) is 2.05. The summed E-state index contributed by atoms with van der Waals surface area (Å²) in [6.45, 7) is 0.341. The molecule has 2 amide bonds. The summed E-state index contributed by atoms with van der Waals surface area (Å²) in [4.78, 5) is 50.8. The molecule has 0 saturated carbocycles. The van der Waals surface area contributed by atoms with E-state index in [1.54, 1.807) is 57.6 Å². The Bertz CT molecular complexity index is 1550. The fraction of sp³-hybridized carbons (Fsp3) is 0.185. The lowest BCUT2D eigenvalue weighted by atomic mass is 10.1. The molecule has 0 fully saturated rings. The maximum absolute atomic E-state index is 13.3. The summed E-state index contributed by atoms with van der Waals surface area (Å²) < 4.78 is 7.65. The number of nitrogens with one attached hydrogen (secondary N) is 2. The maximum Gasteiger partial charge on any atom is 0.331 e. The van der Waals surface area contributed by atoms with Gasteiger partial charge in [0.2, 0.25) is 0 Å². The molecule has 0 radical (unpaired) electrons. The second-order valence-electron chi connectivity index (χ2n) is 8.27. The molecule has 184 valence electrons. The van der Waals surface area contributed by atoms with Gasteiger partial charge in [-0.05, 0) is 53.6 Å². The summed E-state index contributed by atoms with van der Waals surface area (Å²) >= 11 is 0. The number of ether oxygens (including phenoxy) is 1. The van der Waals surface area contributed by atoms with Gasteiger partial charge in [0, 0.05) is 31.8 Å². The van der Waals surface area contributed by atoms with Gasteiger partial charge in [-0.2, -0.15) is 0 Å². The highest BCUT2D eigenvalue weighted by atomic mass is 16.5. The van der Waals surface area contributed by atoms with E-state index in [-0.39, 0.29) is 23.7 Å². The van der Waals surface area contributed by atoms with Crippen LogP contribution in [0.3, 0.4) is 0 Å². The minimum Gasteiger partial charge on any atom is -0.497 e. The van der Waals surface area contributed by atoms with Crippen LogP contribution in [0.25, 0.3) is 10.9 Å². The first-order chi connectivity index (χ1) is 17.3. The van der Waals surface area contributed by atoms with Gasteiger partial charge in [-0.25, -0.2) is 4.79 Å². The number of aromatic nitrogens is 2. The van der Waals surface area contributed by atoms with E-state index in [2.05, 4.69) is 10.6 Å². The van der Waals surface area contributed by atoms with Crippen LogP contribution in [0.5, 0.6) is 5.75 Å². The number of carbonyl (C=O) groups is 2.